The molecule has 0 spiro atoms. The molecule has 196 valence electrons. The summed E-state index contributed by atoms with van der Waals surface area (Å²) >= 11 is 0. The van der Waals surface area contributed by atoms with Crippen LogP contribution in [0.2, 0.25) is 0 Å². The third-order valence-electron chi connectivity index (χ3n) is 6.43. The van der Waals surface area contributed by atoms with Gasteiger partial charge in [-0.1, -0.05) is 13.8 Å². The van der Waals surface area contributed by atoms with Gasteiger partial charge in [0.05, 0.1) is 36.4 Å². The third-order valence-corrected chi connectivity index (χ3v) is 6.43. The third kappa shape index (κ3) is 5.98. The maximum atomic E-state index is 13.2. The second-order valence-corrected chi connectivity index (χ2v) is 9.52. The number of nitro groups is 1. The number of rotatable bonds is 9. The summed E-state index contributed by atoms with van der Waals surface area (Å²) in [5.74, 6) is -0.824. The van der Waals surface area contributed by atoms with Gasteiger partial charge in [-0.05, 0) is 47.9 Å². The molecule has 2 aliphatic heterocycles. The fraction of sp³-hybridized carbons (Fsp3) is 0.407. The maximum absolute atomic E-state index is 13.2. The largest absolute Gasteiger partial charge is 0.507 e. The van der Waals surface area contributed by atoms with Crippen LogP contribution in [-0.2, 0) is 14.3 Å². The smallest absolute Gasteiger partial charge is 0.295 e. The van der Waals surface area contributed by atoms with E-state index < -0.39 is 22.7 Å². The average molecular weight is 510 g/mol. The predicted molar refractivity (Wildman–Crippen MR) is 136 cm³/mol. The molecule has 2 heterocycles. The zero-order valence-corrected chi connectivity index (χ0v) is 21.0. The fourth-order valence-electron chi connectivity index (χ4n) is 4.44. The van der Waals surface area contributed by atoms with Crippen molar-refractivity contribution in [2.45, 2.75) is 19.9 Å². The van der Waals surface area contributed by atoms with Crippen LogP contribution >= 0.6 is 0 Å². The first-order chi connectivity index (χ1) is 17.8. The van der Waals surface area contributed by atoms with Crippen molar-refractivity contribution in [2.75, 3.05) is 46.0 Å². The number of nitrogens with zero attached hydrogens (tertiary/aromatic N) is 3. The van der Waals surface area contributed by atoms with Crippen LogP contribution in [0.15, 0.2) is 54.1 Å². The Bertz CT molecular complexity index is 1170. The molecule has 2 aliphatic rings. The Kier molecular flexibility index (Phi) is 8.20. The van der Waals surface area contributed by atoms with Gasteiger partial charge in [0.1, 0.15) is 11.5 Å². The van der Waals surface area contributed by atoms with Crippen molar-refractivity contribution >= 4 is 23.1 Å². The molecule has 0 bridgehead atoms. The van der Waals surface area contributed by atoms with Gasteiger partial charge in [-0.25, -0.2) is 0 Å². The first-order valence-electron chi connectivity index (χ1n) is 12.3. The van der Waals surface area contributed by atoms with E-state index in [1.165, 1.54) is 29.2 Å². The Morgan fingerprint density at radius 1 is 1.08 bits per heavy atom. The lowest BCUT2D eigenvalue weighted by molar-refractivity contribution is -0.384. The summed E-state index contributed by atoms with van der Waals surface area (Å²) < 4.78 is 11.1. The molecule has 1 atom stereocenters. The molecule has 0 aliphatic carbocycles. The minimum Gasteiger partial charge on any atom is -0.507 e. The molecule has 1 amide bonds. The van der Waals surface area contributed by atoms with Crippen molar-refractivity contribution in [3.63, 3.8) is 0 Å². The summed E-state index contributed by atoms with van der Waals surface area (Å²) in [5.41, 5.74) is 0.725. The van der Waals surface area contributed by atoms with Crippen molar-refractivity contribution < 1.29 is 29.1 Å². The minimum absolute atomic E-state index is 0.0447. The summed E-state index contributed by atoms with van der Waals surface area (Å²) in [6.07, 6.45) is 0. The van der Waals surface area contributed by atoms with E-state index in [-0.39, 0.29) is 23.6 Å². The van der Waals surface area contributed by atoms with Gasteiger partial charge in [0.25, 0.3) is 17.4 Å². The summed E-state index contributed by atoms with van der Waals surface area (Å²) in [4.78, 5) is 40.6. The second kappa shape index (κ2) is 11.5. The quantitative estimate of drug-likeness (QED) is 0.179. The van der Waals surface area contributed by atoms with Gasteiger partial charge in [0.2, 0.25) is 0 Å². The molecule has 2 fully saturated rings. The number of benzene rings is 2. The topological polar surface area (TPSA) is 122 Å². The van der Waals surface area contributed by atoms with E-state index in [1.54, 1.807) is 24.3 Å². The predicted octanol–water partition coefficient (Wildman–Crippen LogP) is 3.38. The summed E-state index contributed by atoms with van der Waals surface area (Å²) in [7, 11) is 0. The molecule has 1 unspecified atom stereocenters. The van der Waals surface area contributed by atoms with E-state index in [0.717, 1.165) is 13.1 Å². The number of amides is 1. The SMILES string of the molecule is CC(C)COc1ccc(C(O)=C2C(=O)C(=O)N(CCN3CCOCC3)C2c2ccc([N+](=O)[O-])cc2)cc1. The number of ether oxygens (including phenoxy) is 2. The lowest BCUT2D eigenvalue weighted by atomic mass is 9.95. The number of aliphatic hydroxyl groups is 1. The number of Topliss-reactive ketones (excluding diaryl/α,β-unsaturated/α-hetero) is 1. The fourth-order valence-corrected chi connectivity index (χ4v) is 4.44. The van der Waals surface area contributed by atoms with E-state index in [2.05, 4.69) is 4.90 Å². The molecule has 0 saturated carbocycles. The van der Waals surface area contributed by atoms with E-state index in [1.807, 2.05) is 13.8 Å². The molecule has 10 nitrogen and oxygen atoms in total. The van der Waals surface area contributed by atoms with Crippen LogP contribution in [0.25, 0.3) is 5.76 Å². The molecule has 4 rings (SSSR count). The zero-order chi connectivity index (χ0) is 26.5. The van der Waals surface area contributed by atoms with Gasteiger partial charge >= 0.3 is 0 Å². The lowest BCUT2D eigenvalue weighted by Gasteiger charge is -2.31. The van der Waals surface area contributed by atoms with E-state index >= 15 is 0 Å². The van der Waals surface area contributed by atoms with Crippen molar-refractivity contribution in [2.24, 2.45) is 5.92 Å². The molecular weight excluding hydrogens is 478 g/mol. The van der Waals surface area contributed by atoms with Crippen LogP contribution < -0.4 is 4.74 Å². The van der Waals surface area contributed by atoms with E-state index in [9.17, 15) is 24.8 Å². The van der Waals surface area contributed by atoms with Crippen LogP contribution in [0.5, 0.6) is 5.75 Å². The van der Waals surface area contributed by atoms with Gasteiger partial charge in [0, 0.05) is 43.9 Å². The number of carbonyl (C=O) groups excluding carboxylic acids is 2. The second-order valence-electron chi connectivity index (χ2n) is 9.52. The molecule has 0 radical (unpaired) electrons. The lowest BCUT2D eigenvalue weighted by Crippen LogP contribution is -2.42. The van der Waals surface area contributed by atoms with E-state index in [4.69, 9.17) is 9.47 Å². The molecule has 0 aromatic heterocycles. The maximum Gasteiger partial charge on any atom is 0.295 e. The minimum atomic E-state index is -0.876. The number of hydrogen-bond donors (Lipinski definition) is 1. The van der Waals surface area contributed by atoms with Crippen molar-refractivity contribution in [3.8, 4) is 5.75 Å². The molecule has 2 aromatic rings. The molecule has 1 N–H and O–H groups in total. The highest BCUT2D eigenvalue weighted by Gasteiger charge is 2.46. The van der Waals surface area contributed by atoms with Crippen molar-refractivity contribution in [3.05, 3.63) is 75.3 Å². The number of carbonyl (C=O) groups is 2. The Morgan fingerprint density at radius 2 is 1.73 bits per heavy atom. The van der Waals surface area contributed by atoms with Crippen LogP contribution in [0, 0.1) is 16.0 Å². The Morgan fingerprint density at radius 3 is 2.32 bits per heavy atom. The number of aliphatic hydroxyl groups excluding tert-OH is 1. The van der Waals surface area contributed by atoms with Crippen LogP contribution in [0.3, 0.4) is 0 Å². The average Bonchev–Trinajstić information content (AvgIpc) is 3.16. The number of ketones is 1. The summed E-state index contributed by atoms with van der Waals surface area (Å²) in [6, 6.07) is 11.5. The Hall–Kier alpha value is -3.76. The van der Waals surface area contributed by atoms with Gasteiger partial charge in [-0.15, -0.1) is 0 Å². The highest BCUT2D eigenvalue weighted by molar-refractivity contribution is 6.46. The van der Waals surface area contributed by atoms with Crippen LogP contribution in [0.4, 0.5) is 5.69 Å². The molecule has 2 saturated heterocycles. The number of hydrogen-bond acceptors (Lipinski definition) is 8. The van der Waals surface area contributed by atoms with Gasteiger partial charge in [-0.3, -0.25) is 24.6 Å². The molecule has 37 heavy (non-hydrogen) atoms. The van der Waals surface area contributed by atoms with E-state index in [0.29, 0.717) is 49.2 Å². The number of likely N-dealkylation sites (tertiary alicyclic amines) is 1. The van der Waals surface area contributed by atoms with Crippen LogP contribution in [-0.4, -0.2) is 77.5 Å². The van der Waals surface area contributed by atoms with Gasteiger partial charge in [-0.2, -0.15) is 0 Å². The molecule has 2 aromatic carbocycles. The first kappa shape index (κ1) is 26.3. The highest BCUT2D eigenvalue weighted by atomic mass is 16.6. The number of morpholine rings is 1. The number of nitro benzene ring substituents is 1. The summed E-state index contributed by atoms with van der Waals surface area (Å²) in [6.45, 7) is 8.04. The molecule has 10 heteroatoms. The Labute approximate surface area is 215 Å². The van der Waals surface area contributed by atoms with Crippen molar-refractivity contribution in [1.82, 2.24) is 9.80 Å². The van der Waals surface area contributed by atoms with Gasteiger partial charge in [0.15, 0.2) is 0 Å². The zero-order valence-electron chi connectivity index (χ0n) is 21.0. The highest BCUT2D eigenvalue weighted by Crippen LogP contribution is 2.40. The monoisotopic (exact) mass is 509 g/mol. The molecular formula is C27H31N3O7. The van der Waals surface area contributed by atoms with Crippen LogP contribution in [0.1, 0.15) is 31.0 Å². The van der Waals surface area contributed by atoms with Gasteiger partial charge < -0.3 is 19.5 Å². The normalized spacial score (nSPS) is 20.0. The summed E-state index contributed by atoms with van der Waals surface area (Å²) in [5, 5.41) is 22.4. The first-order valence-corrected chi connectivity index (χ1v) is 12.3. The Balaban J connectivity index is 1.68. The standard InChI is InChI=1S/C27H31N3O7/c1-18(2)17-37-22-9-5-20(6-10-22)25(31)23-24(19-3-7-21(8-4-19)30(34)35)29(27(33)26(23)32)12-11-28-13-15-36-16-14-28/h3-10,18,24,31H,11-17H2,1-2H3. The number of non-ortho nitro benzene ring substituents is 1. The van der Waals surface area contributed by atoms with Crippen molar-refractivity contribution in [1.29, 1.82) is 0 Å².